The smallest absolute Gasteiger partial charge is 0.246 e. The number of carbonyl (C=O) groups excluding carboxylic acids is 2. The lowest BCUT2D eigenvalue weighted by Crippen LogP contribution is -2.64. The second-order valence-corrected chi connectivity index (χ2v) is 9.50. The Balaban J connectivity index is 1.53. The Labute approximate surface area is 198 Å². The van der Waals surface area contributed by atoms with Crippen molar-refractivity contribution in [2.75, 3.05) is 20.8 Å². The number of hydrogen-bond donors (Lipinski definition) is 1. The van der Waals surface area contributed by atoms with Crippen LogP contribution in [0.3, 0.4) is 0 Å². The third kappa shape index (κ3) is 3.10. The summed E-state index contributed by atoms with van der Waals surface area (Å²) in [5.41, 5.74) is 3.92. The van der Waals surface area contributed by atoms with E-state index in [4.69, 9.17) is 9.47 Å². The highest BCUT2D eigenvalue weighted by molar-refractivity contribution is 5.98. The van der Waals surface area contributed by atoms with Gasteiger partial charge in [-0.3, -0.25) is 9.59 Å². The number of nitrogens with one attached hydrogen (secondary N) is 1. The Morgan fingerprint density at radius 1 is 1.00 bits per heavy atom. The number of fused-ring (bicyclic) bond motifs is 4. The molecule has 0 bridgehead atoms. The van der Waals surface area contributed by atoms with Crippen molar-refractivity contribution >= 4 is 22.7 Å². The van der Waals surface area contributed by atoms with Gasteiger partial charge in [0, 0.05) is 40.7 Å². The first-order valence-corrected chi connectivity index (χ1v) is 12.0. The van der Waals surface area contributed by atoms with Gasteiger partial charge in [0.1, 0.15) is 30.1 Å². The monoisotopic (exact) mass is 459 g/mol. The minimum absolute atomic E-state index is 0.0105. The first kappa shape index (κ1) is 21.1. The zero-order valence-electron chi connectivity index (χ0n) is 19.5. The second kappa shape index (κ2) is 8.08. The molecular weight excluding hydrogens is 430 g/mol. The van der Waals surface area contributed by atoms with Gasteiger partial charge in [-0.2, -0.15) is 0 Å². The number of ether oxygens (including phenoxy) is 2. The standard InChI is InChI=1S/C27H29N3O4/c1-33-17-11-12-19(23(13-17)34-2)26-25-20(18-9-5-6-10-21(18)28-25)14-22-27(32)29(15-24(31)30(22)26)16-7-3-4-8-16/h5-6,9-13,16,22,26,28H,3-4,7-8,14-15H2,1-2H3/t22-,26?/m0/s1. The molecule has 0 spiro atoms. The minimum Gasteiger partial charge on any atom is -0.497 e. The first-order valence-electron chi connectivity index (χ1n) is 12.0. The Kier molecular flexibility index (Phi) is 5.01. The van der Waals surface area contributed by atoms with E-state index in [9.17, 15) is 9.59 Å². The van der Waals surface area contributed by atoms with Crippen molar-refractivity contribution < 1.29 is 19.1 Å². The van der Waals surface area contributed by atoms with Crippen LogP contribution in [0.4, 0.5) is 0 Å². The van der Waals surface area contributed by atoms with E-state index in [0.29, 0.717) is 17.9 Å². The number of amides is 2. The number of carbonyl (C=O) groups is 2. The average Bonchev–Trinajstić information content (AvgIpc) is 3.53. The van der Waals surface area contributed by atoms with Gasteiger partial charge < -0.3 is 24.3 Å². The first-order chi connectivity index (χ1) is 16.6. The van der Waals surface area contributed by atoms with Gasteiger partial charge >= 0.3 is 0 Å². The summed E-state index contributed by atoms with van der Waals surface area (Å²) in [4.78, 5) is 34.8. The SMILES string of the molecule is COc1ccc(C2c3[nH]c4ccccc4c3C[C@H]3C(=O)N(C4CCCC4)CC(=O)N23)c(OC)c1. The molecule has 2 atom stereocenters. The summed E-state index contributed by atoms with van der Waals surface area (Å²) in [6.45, 7) is 0.143. The molecule has 2 amide bonds. The Hall–Kier alpha value is -3.48. The molecule has 1 aromatic heterocycles. The van der Waals surface area contributed by atoms with Crippen LogP contribution in [0.25, 0.3) is 10.9 Å². The molecule has 1 unspecified atom stereocenters. The van der Waals surface area contributed by atoms with Crippen molar-refractivity contribution in [3.8, 4) is 11.5 Å². The number of piperazine rings is 1. The van der Waals surface area contributed by atoms with E-state index in [0.717, 1.165) is 53.4 Å². The fourth-order valence-electron chi connectivity index (χ4n) is 6.18. The van der Waals surface area contributed by atoms with E-state index >= 15 is 0 Å². The minimum atomic E-state index is -0.523. The Morgan fingerprint density at radius 2 is 1.79 bits per heavy atom. The van der Waals surface area contributed by atoms with Crippen molar-refractivity contribution in [2.24, 2.45) is 0 Å². The number of nitrogens with zero attached hydrogens (tertiary/aromatic N) is 2. The summed E-state index contributed by atoms with van der Waals surface area (Å²) < 4.78 is 11.2. The third-order valence-corrected chi connectivity index (χ3v) is 7.79. The van der Waals surface area contributed by atoms with Crippen molar-refractivity contribution in [1.29, 1.82) is 0 Å². The molecule has 0 radical (unpaired) electrons. The van der Waals surface area contributed by atoms with Crippen LogP contribution in [0.1, 0.15) is 48.5 Å². The highest BCUT2D eigenvalue weighted by atomic mass is 16.5. The second-order valence-electron chi connectivity index (χ2n) is 9.50. The quantitative estimate of drug-likeness (QED) is 0.644. The Bertz CT molecular complexity index is 1280. The van der Waals surface area contributed by atoms with Crippen molar-refractivity contribution in [2.45, 2.75) is 50.2 Å². The summed E-state index contributed by atoms with van der Waals surface area (Å²) in [6.07, 6.45) is 4.73. The summed E-state index contributed by atoms with van der Waals surface area (Å²) >= 11 is 0. The molecule has 1 saturated carbocycles. The van der Waals surface area contributed by atoms with Gasteiger partial charge in [-0.05, 0) is 36.6 Å². The largest absolute Gasteiger partial charge is 0.497 e. The average molecular weight is 460 g/mol. The van der Waals surface area contributed by atoms with Crippen LogP contribution >= 0.6 is 0 Å². The summed E-state index contributed by atoms with van der Waals surface area (Å²) in [5.74, 6) is 1.37. The number of aromatic amines is 1. The predicted molar refractivity (Wildman–Crippen MR) is 128 cm³/mol. The number of para-hydroxylation sites is 1. The van der Waals surface area contributed by atoms with E-state index in [-0.39, 0.29) is 24.4 Å². The zero-order chi connectivity index (χ0) is 23.4. The van der Waals surface area contributed by atoms with Gasteiger partial charge in [0.2, 0.25) is 11.8 Å². The maximum Gasteiger partial charge on any atom is 0.246 e. The molecule has 176 valence electrons. The molecule has 1 N–H and O–H groups in total. The van der Waals surface area contributed by atoms with Crippen molar-refractivity contribution in [1.82, 2.24) is 14.8 Å². The molecule has 2 fully saturated rings. The predicted octanol–water partition coefficient (Wildman–Crippen LogP) is 3.81. The molecule has 3 heterocycles. The van der Waals surface area contributed by atoms with Crippen LogP contribution in [0.15, 0.2) is 42.5 Å². The van der Waals surface area contributed by atoms with E-state index in [1.54, 1.807) is 19.1 Å². The van der Waals surface area contributed by atoms with Crippen molar-refractivity contribution in [3.05, 3.63) is 59.3 Å². The van der Waals surface area contributed by atoms with E-state index in [1.807, 2.05) is 41.3 Å². The molecule has 34 heavy (non-hydrogen) atoms. The third-order valence-electron chi connectivity index (χ3n) is 7.79. The molecule has 1 saturated heterocycles. The van der Waals surface area contributed by atoms with Gasteiger partial charge in [-0.15, -0.1) is 0 Å². The highest BCUT2D eigenvalue weighted by Gasteiger charge is 2.50. The van der Waals surface area contributed by atoms with E-state index < -0.39 is 12.1 Å². The summed E-state index contributed by atoms with van der Waals surface area (Å²) in [6, 6.07) is 13.0. The topological polar surface area (TPSA) is 74.9 Å². The zero-order valence-corrected chi connectivity index (χ0v) is 19.5. The molecule has 3 aliphatic rings. The number of aromatic nitrogens is 1. The number of benzene rings is 2. The molecule has 1 aliphatic carbocycles. The highest BCUT2D eigenvalue weighted by Crippen LogP contribution is 2.46. The molecule has 2 aliphatic heterocycles. The van der Waals surface area contributed by atoms with Gasteiger partial charge in [0.05, 0.1) is 14.2 Å². The van der Waals surface area contributed by atoms with Gasteiger partial charge in [0.15, 0.2) is 0 Å². The van der Waals surface area contributed by atoms with Crippen LogP contribution in [-0.4, -0.2) is 59.4 Å². The fraction of sp³-hybridized carbons (Fsp3) is 0.407. The lowest BCUT2D eigenvalue weighted by atomic mass is 9.85. The summed E-state index contributed by atoms with van der Waals surface area (Å²) in [5, 5.41) is 1.10. The molecule has 7 nitrogen and oxygen atoms in total. The normalized spacial score (nSPS) is 22.8. The summed E-state index contributed by atoms with van der Waals surface area (Å²) in [7, 11) is 3.24. The van der Waals surface area contributed by atoms with Gasteiger partial charge in [-0.25, -0.2) is 0 Å². The van der Waals surface area contributed by atoms with E-state index in [1.165, 1.54) is 0 Å². The lowest BCUT2D eigenvalue weighted by molar-refractivity contribution is -0.160. The van der Waals surface area contributed by atoms with Crippen LogP contribution in [0.5, 0.6) is 11.5 Å². The lowest BCUT2D eigenvalue weighted by Gasteiger charge is -2.48. The molecular formula is C27H29N3O4. The maximum absolute atomic E-state index is 13.9. The van der Waals surface area contributed by atoms with Crippen LogP contribution < -0.4 is 9.47 Å². The maximum atomic E-state index is 13.9. The molecule has 2 aromatic carbocycles. The van der Waals surface area contributed by atoms with Crippen LogP contribution in [-0.2, 0) is 16.0 Å². The molecule has 3 aromatic rings. The number of H-pyrrole nitrogens is 1. The number of methoxy groups -OCH3 is 2. The molecule has 7 heteroatoms. The Morgan fingerprint density at radius 3 is 2.56 bits per heavy atom. The number of rotatable bonds is 4. The van der Waals surface area contributed by atoms with Crippen LogP contribution in [0, 0.1) is 0 Å². The van der Waals surface area contributed by atoms with E-state index in [2.05, 4.69) is 11.1 Å². The van der Waals surface area contributed by atoms with Gasteiger partial charge in [0.25, 0.3) is 0 Å². The fourth-order valence-corrected chi connectivity index (χ4v) is 6.18. The van der Waals surface area contributed by atoms with Crippen molar-refractivity contribution in [3.63, 3.8) is 0 Å². The number of hydrogen-bond acceptors (Lipinski definition) is 4. The van der Waals surface area contributed by atoms with Gasteiger partial charge in [-0.1, -0.05) is 31.0 Å². The molecule has 6 rings (SSSR count). The van der Waals surface area contributed by atoms with Crippen LogP contribution in [0.2, 0.25) is 0 Å².